The highest BCUT2D eigenvalue weighted by Crippen LogP contribution is 2.21. The maximum Gasteiger partial charge on any atom is 0.305 e. The zero-order valence-electron chi connectivity index (χ0n) is 11.7. The summed E-state index contributed by atoms with van der Waals surface area (Å²) in [6.07, 6.45) is 1.58. The lowest BCUT2D eigenvalue weighted by molar-refractivity contribution is -0.138. The van der Waals surface area contributed by atoms with E-state index in [1.807, 2.05) is 20.8 Å². The minimum Gasteiger partial charge on any atom is -0.481 e. The molecule has 1 N–H and O–H groups in total. The van der Waals surface area contributed by atoms with E-state index in [0.717, 1.165) is 6.42 Å². The van der Waals surface area contributed by atoms with Crippen molar-refractivity contribution in [1.82, 2.24) is 20.2 Å². The molecule has 0 aromatic carbocycles. The number of aliphatic carboxylic acids is 1. The van der Waals surface area contributed by atoms with Gasteiger partial charge in [0.1, 0.15) is 0 Å². The Labute approximate surface area is 112 Å². The average Bonchev–Trinajstić information content (AvgIpc) is 2.79. The first-order valence-electron chi connectivity index (χ1n) is 6.62. The summed E-state index contributed by atoms with van der Waals surface area (Å²) in [5.74, 6) is -0.0200. The number of rotatable bonds is 9. The van der Waals surface area contributed by atoms with Crippen molar-refractivity contribution >= 4 is 5.97 Å². The molecule has 1 heterocycles. The van der Waals surface area contributed by atoms with E-state index in [-0.39, 0.29) is 18.4 Å². The number of hydrogen-bond acceptors (Lipinski definition) is 5. The summed E-state index contributed by atoms with van der Waals surface area (Å²) in [6, 6.07) is -0.228. The van der Waals surface area contributed by atoms with Crippen LogP contribution in [-0.2, 0) is 16.0 Å². The smallest absolute Gasteiger partial charge is 0.305 e. The Morgan fingerprint density at radius 1 is 1.42 bits per heavy atom. The van der Waals surface area contributed by atoms with Crippen LogP contribution in [0.15, 0.2) is 0 Å². The molecule has 0 aliphatic heterocycles. The quantitative estimate of drug-likeness (QED) is 0.680. The van der Waals surface area contributed by atoms with Gasteiger partial charge in [0.2, 0.25) is 0 Å². The Morgan fingerprint density at radius 2 is 2.16 bits per heavy atom. The fraction of sp³-hybridized carbons (Fsp3) is 0.833. The van der Waals surface area contributed by atoms with Gasteiger partial charge in [-0.2, -0.15) is 0 Å². The average molecular weight is 270 g/mol. The summed E-state index contributed by atoms with van der Waals surface area (Å²) in [6.45, 7) is 7.24. The largest absolute Gasteiger partial charge is 0.481 e. The van der Waals surface area contributed by atoms with Gasteiger partial charge >= 0.3 is 5.97 Å². The molecule has 0 aliphatic rings. The standard InChI is InChI=1S/C12H22N4O3/c1-4-6-19-7-5-11-13-14-15-16(11)10(9(2)3)8-12(17)18/h9-10H,4-8H2,1-3H3,(H,17,18). The van der Waals surface area contributed by atoms with E-state index in [2.05, 4.69) is 15.5 Å². The summed E-state index contributed by atoms with van der Waals surface area (Å²) in [5.41, 5.74) is 0. The van der Waals surface area contributed by atoms with Crippen LogP contribution in [0.4, 0.5) is 0 Å². The summed E-state index contributed by atoms with van der Waals surface area (Å²) in [4.78, 5) is 10.9. The Kier molecular flexibility index (Phi) is 6.41. The van der Waals surface area contributed by atoms with Crippen LogP contribution in [0.2, 0.25) is 0 Å². The molecule has 0 saturated heterocycles. The molecule has 19 heavy (non-hydrogen) atoms. The highest BCUT2D eigenvalue weighted by atomic mass is 16.5. The zero-order chi connectivity index (χ0) is 14.3. The molecule has 108 valence electrons. The predicted octanol–water partition coefficient (Wildman–Crippen LogP) is 1.31. The number of tetrazole rings is 1. The minimum atomic E-state index is -0.845. The molecule has 7 nitrogen and oxygen atoms in total. The summed E-state index contributed by atoms with van der Waals surface area (Å²) < 4.78 is 7.03. The number of ether oxygens (including phenoxy) is 1. The molecule has 1 unspecified atom stereocenters. The van der Waals surface area contributed by atoms with Gasteiger partial charge in [0.15, 0.2) is 5.82 Å². The Morgan fingerprint density at radius 3 is 2.74 bits per heavy atom. The van der Waals surface area contributed by atoms with Gasteiger partial charge in [0.05, 0.1) is 19.1 Å². The first kappa shape index (κ1) is 15.6. The van der Waals surface area contributed by atoms with Crippen LogP contribution in [0, 0.1) is 5.92 Å². The Bertz CT molecular complexity index is 392. The molecular formula is C12H22N4O3. The maximum atomic E-state index is 10.9. The lowest BCUT2D eigenvalue weighted by atomic mass is 10.0. The molecule has 0 radical (unpaired) electrons. The van der Waals surface area contributed by atoms with Gasteiger partial charge in [-0.1, -0.05) is 20.8 Å². The van der Waals surface area contributed by atoms with E-state index in [9.17, 15) is 4.79 Å². The number of hydrogen-bond donors (Lipinski definition) is 1. The molecule has 0 aliphatic carbocycles. The van der Waals surface area contributed by atoms with Crippen LogP contribution in [0.3, 0.4) is 0 Å². The number of aromatic nitrogens is 4. The minimum absolute atomic E-state index is 0.0194. The van der Waals surface area contributed by atoms with Crippen LogP contribution in [0.5, 0.6) is 0 Å². The van der Waals surface area contributed by atoms with Gasteiger partial charge < -0.3 is 9.84 Å². The molecule has 1 aromatic rings. The third kappa shape index (κ3) is 4.94. The molecule has 1 rings (SSSR count). The molecule has 0 amide bonds. The van der Waals surface area contributed by atoms with E-state index in [1.165, 1.54) is 0 Å². The van der Waals surface area contributed by atoms with Crippen molar-refractivity contribution in [2.24, 2.45) is 5.92 Å². The van der Waals surface area contributed by atoms with Gasteiger partial charge in [0, 0.05) is 13.0 Å². The van der Waals surface area contributed by atoms with Crippen molar-refractivity contribution in [3.8, 4) is 0 Å². The van der Waals surface area contributed by atoms with Crippen molar-refractivity contribution in [3.63, 3.8) is 0 Å². The SMILES string of the molecule is CCCOCCc1nnnn1C(CC(=O)O)C(C)C. The van der Waals surface area contributed by atoms with Crippen molar-refractivity contribution < 1.29 is 14.6 Å². The van der Waals surface area contributed by atoms with Gasteiger partial charge in [-0.15, -0.1) is 5.10 Å². The van der Waals surface area contributed by atoms with E-state index in [0.29, 0.717) is 25.5 Å². The fourth-order valence-electron chi connectivity index (χ4n) is 1.83. The molecule has 7 heteroatoms. The summed E-state index contributed by atoms with van der Waals surface area (Å²) in [7, 11) is 0. The fourth-order valence-corrected chi connectivity index (χ4v) is 1.83. The van der Waals surface area contributed by atoms with Gasteiger partial charge in [0.25, 0.3) is 0 Å². The molecule has 0 fully saturated rings. The number of nitrogens with zero attached hydrogens (tertiary/aromatic N) is 4. The first-order valence-corrected chi connectivity index (χ1v) is 6.62. The second-order valence-corrected chi connectivity index (χ2v) is 4.81. The number of carbonyl (C=O) groups is 1. The van der Waals surface area contributed by atoms with Crippen molar-refractivity contribution in [2.45, 2.75) is 46.1 Å². The predicted molar refractivity (Wildman–Crippen MR) is 68.8 cm³/mol. The zero-order valence-corrected chi connectivity index (χ0v) is 11.7. The van der Waals surface area contributed by atoms with Crippen LogP contribution >= 0.6 is 0 Å². The Balaban J connectivity index is 2.69. The third-order valence-corrected chi connectivity index (χ3v) is 2.85. The number of carboxylic acids is 1. The lowest BCUT2D eigenvalue weighted by Gasteiger charge is -2.20. The van der Waals surface area contributed by atoms with Crippen LogP contribution in [-0.4, -0.2) is 44.5 Å². The van der Waals surface area contributed by atoms with E-state index < -0.39 is 5.97 Å². The van der Waals surface area contributed by atoms with E-state index >= 15 is 0 Å². The Hall–Kier alpha value is -1.50. The molecular weight excluding hydrogens is 248 g/mol. The molecule has 0 saturated carbocycles. The van der Waals surface area contributed by atoms with E-state index in [1.54, 1.807) is 4.68 Å². The topological polar surface area (TPSA) is 90.1 Å². The van der Waals surface area contributed by atoms with Gasteiger partial charge in [-0.05, 0) is 22.8 Å². The lowest BCUT2D eigenvalue weighted by Crippen LogP contribution is -2.23. The monoisotopic (exact) mass is 270 g/mol. The third-order valence-electron chi connectivity index (χ3n) is 2.85. The first-order chi connectivity index (χ1) is 9.06. The normalized spacial score (nSPS) is 12.8. The second kappa shape index (κ2) is 7.83. The van der Waals surface area contributed by atoms with Crippen LogP contribution < -0.4 is 0 Å². The van der Waals surface area contributed by atoms with Crippen molar-refractivity contribution in [1.29, 1.82) is 0 Å². The summed E-state index contributed by atoms with van der Waals surface area (Å²) in [5, 5.41) is 20.5. The molecule has 0 spiro atoms. The number of carboxylic acid groups (broad SMARTS) is 1. The van der Waals surface area contributed by atoms with Gasteiger partial charge in [-0.3, -0.25) is 4.79 Å². The van der Waals surface area contributed by atoms with Crippen molar-refractivity contribution in [3.05, 3.63) is 5.82 Å². The highest BCUT2D eigenvalue weighted by molar-refractivity contribution is 5.67. The molecule has 0 bridgehead atoms. The highest BCUT2D eigenvalue weighted by Gasteiger charge is 2.23. The second-order valence-electron chi connectivity index (χ2n) is 4.81. The van der Waals surface area contributed by atoms with Crippen LogP contribution in [0.25, 0.3) is 0 Å². The molecule has 1 aromatic heterocycles. The summed E-state index contributed by atoms with van der Waals surface area (Å²) >= 11 is 0. The maximum absolute atomic E-state index is 10.9. The van der Waals surface area contributed by atoms with Crippen molar-refractivity contribution in [2.75, 3.05) is 13.2 Å². The van der Waals surface area contributed by atoms with E-state index in [4.69, 9.17) is 9.84 Å². The van der Waals surface area contributed by atoms with Crippen LogP contribution in [0.1, 0.15) is 45.5 Å². The molecule has 1 atom stereocenters. The van der Waals surface area contributed by atoms with Gasteiger partial charge in [-0.25, -0.2) is 4.68 Å².